The molecule has 114 valence electrons. The Labute approximate surface area is 129 Å². The van der Waals surface area contributed by atoms with E-state index in [0.29, 0.717) is 12.2 Å². The molecule has 0 amide bonds. The second-order valence-electron chi connectivity index (χ2n) is 4.68. The molecular weight excluding hydrogens is 300 g/mol. The number of hydrogen-bond acceptors (Lipinski definition) is 5. The zero-order chi connectivity index (χ0) is 16.0. The van der Waals surface area contributed by atoms with E-state index in [9.17, 15) is 8.42 Å². The van der Waals surface area contributed by atoms with Crippen molar-refractivity contribution in [1.29, 1.82) is 5.26 Å². The SMILES string of the molecule is Cc1ccc(S(=O)(=O)NCCNc2ccc(C#N)nc2)cc1. The highest BCUT2D eigenvalue weighted by Gasteiger charge is 2.12. The van der Waals surface area contributed by atoms with Gasteiger partial charge in [-0.3, -0.25) is 0 Å². The van der Waals surface area contributed by atoms with E-state index < -0.39 is 10.0 Å². The Morgan fingerprint density at radius 2 is 1.86 bits per heavy atom. The van der Waals surface area contributed by atoms with Gasteiger partial charge in [-0.1, -0.05) is 17.7 Å². The number of benzene rings is 1. The van der Waals surface area contributed by atoms with Crippen molar-refractivity contribution in [2.24, 2.45) is 0 Å². The summed E-state index contributed by atoms with van der Waals surface area (Å²) in [4.78, 5) is 4.17. The van der Waals surface area contributed by atoms with Crippen LogP contribution in [0.3, 0.4) is 0 Å². The fourth-order valence-electron chi connectivity index (χ4n) is 1.76. The average Bonchev–Trinajstić information content (AvgIpc) is 2.52. The highest BCUT2D eigenvalue weighted by atomic mass is 32.2. The van der Waals surface area contributed by atoms with Gasteiger partial charge in [0.05, 0.1) is 16.8 Å². The number of rotatable bonds is 6. The lowest BCUT2D eigenvalue weighted by Gasteiger charge is -2.09. The Kier molecular flexibility index (Phi) is 5.09. The molecule has 2 rings (SSSR count). The van der Waals surface area contributed by atoms with Crippen LogP contribution in [-0.2, 0) is 10.0 Å². The predicted molar refractivity (Wildman–Crippen MR) is 83.8 cm³/mol. The summed E-state index contributed by atoms with van der Waals surface area (Å²) in [7, 11) is -3.49. The molecule has 0 unspecified atom stereocenters. The van der Waals surface area contributed by atoms with Crippen molar-refractivity contribution in [2.45, 2.75) is 11.8 Å². The van der Waals surface area contributed by atoms with Crippen molar-refractivity contribution < 1.29 is 8.42 Å². The zero-order valence-corrected chi connectivity index (χ0v) is 12.9. The number of anilines is 1. The molecule has 0 spiro atoms. The first kappa shape index (κ1) is 15.9. The maximum atomic E-state index is 12.1. The van der Waals surface area contributed by atoms with E-state index in [1.54, 1.807) is 36.4 Å². The highest BCUT2D eigenvalue weighted by Crippen LogP contribution is 2.09. The standard InChI is InChI=1S/C15H16N4O2S/c1-12-2-6-15(7-3-12)22(20,21)19-9-8-17-14-5-4-13(10-16)18-11-14/h2-7,11,17,19H,8-9H2,1H3. The van der Waals surface area contributed by atoms with Gasteiger partial charge in [0.15, 0.2) is 0 Å². The molecule has 0 saturated carbocycles. The minimum absolute atomic E-state index is 0.246. The Hall–Kier alpha value is -2.43. The molecule has 7 heteroatoms. The van der Waals surface area contributed by atoms with Crippen LogP contribution in [0.15, 0.2) is 47.5 Å². The van der Waals surface area contributed by atoms with Gasteiger partial charge in [-0.25, -0.2) is 18.1 Å². The van der Waals surface area contributed by atoms with Crippen LogP contribution in [0.1, 0.15) is 11.3 Å². The summed E-state index contributed by atoms with van der Waals surface area (Å²) in [6, 6.07) is 11.9. The molecule has 1 aromatic carbocycles. The maximum absolute atomic E-state index is 12.1. The first-order chi connectivity index (χ1) is 10.5. The van der Waals surface area contributed by atoms with Crippen molar-refractivity contribution in [3.05, 3.63) is 53.9 Å². The third-order valence-corrected chi connectivity index (χ3v) is 4.43. The number of nitriles is 1. The highest BCUT2D eigenvalue weighted by molar-refractivity contribution is 7.89. The molecule has 0 aliphatic rings. The summed E-state index contributed by atoms with van der Waals surface area (Å²) < 4.78 is 26.6. The average molecular weight is 316 g/mol. The largest absolute Gasteiger partial charge is 0.382 e. The van der Waals surface area contributed by atoms with E-state index in [1.165, 1.54) is 6.20 Å². The maximum Gasteiger partial charge on any atom is 0.240 e. The topological polar surface area (TPSA) is 94.9 Å². The molecule has 1 aromatic heterocycles. The first-order valence-electron chi connectivity index (χ1n) is 6.67. The Morgan fingerprint density at radius 1 is 1.14 bits per heavy atom. The molecular formula is C15H16N4O2S. The van der Waals surface area contributed by atoms with Crippen molar-refractivity contribution in [3.8, 4) is 6.07 Å². The van der Waals surface area contributed by atoms with E-state index >= 15 is 0 Å². The Balaban J connectivity index is 1.85. The lowest BCUT2D eigenvalue weighted by Crippen LogP contribution is -2.28. The third-order valence-electron chi connectivity index (χ3n) is 2.96. The quantitative estimate of drug-likeness (QED) is 0.790. The number of nitrogens with one attached hydrogen (secondary N) is 2. The van der Waals surface area contributed by atoms with Crippen LogP contribution in [0.25, 0.3) is 0 Å². The van der Waals surface area contributed by atoms with Gasteiger partial charge in [0, 0.05) is 13.1 Å². The van der Waals surface area contributed by atoms with Gasteiger partial charge in [-0.15, -0.1) is 0 Å². The van der Waals surface area contributed by atoms with Crippen molar-refractivity contribution in [2.75, 3.05) is 18.4 Å². The van der Waals surface area contributed by atoms with Crippen LogP contribution < -0.4 is 10.0 Å². The molecule has 2 aromatic rings. The van der Waals surface area contributed by atoms with Crippen LogP contribution in [0.4, 0.5) is 5.69 Å². The summed E-state index contributed by atoms with van der Waals surface area (Å²) in [5.41, 5.74) is 2.08. The van der Waals surface area contributed by atoms with Gasteiger partial charge in [0.2, 0.25) is 10.0 Å². The lowest BCUT2D eigenvalue weighted by atomic mass is 10.2. The number of hydrogen-bond donors (Lipinski definition) is 2. The van der Waals surface area contributed by atoms with E-state index in [1.807, 2.05) is 13.0 Å². The van der Waals surface area contributed by atoms with Crippen LogP contribution in [0.2, 0.25) is 0 Å². The van der Waals surface area contributed by atoms with Gasteiger partial charge >= 0.3 is 0 Å². The number of aromatic nitrogens is 1. The second-order valence-corrected chi connectivity index (χ2v) is 6.45. The molecule has 22 heavy (non-hydrogen) atoms. The second kappa shape index (κ2) is 7.02. The summed E-state index contributed by atoms with van der Waals surface area (Å²) >= 11 is 0. The number of sulfonamides is 1. The van der Waals surface area contributed by atoms with Crippen molar-refractivity contribution in [3.63, 3.8) is 0 Å². The van der Waals surface area contributed by atoms with Crippen molar-refractivity contribution >= 4 is 15.7 Å². The van der Waals surface area contributed by atoms with E-state index in [0.717, 1.165) is 11.3 Å². The Bertz CT molecular complexity index is 763. The molecule has 6 nitrogen and oxygen atoms in total. The molecule has 2 N–H and O–H groups in total. The molecule has 0 atom stereocenters. The van der Waals surface area contributed by atoms with E-state index in [2.05, 4.69) is 15.0 Å². The van der Waals surface area contributed by atoms with E-state index in [-0.39, 0.29) is 11.4 Å². The molecule has 0 radical (unpaired) electrons. The first-order valence-corrected chi connectivity index (χ1v) is 8.16. The lowest BCUT2D eigenvalue weighted by molar-refractivity contribution is 0.583. The minimum Gasteiger partial charge on any atom is -0.382 e. The summed E-state index contributed by atoms with van der Waals surface area (Å²) in [6.45, 7) is 2.56. The normalized spacial score (nSPS) is 10.9. The van der Waals surface area contributed by atoms with E-state index in [4.69, 9.17) is 5.26 Å². The number of pyridine rings is 1. The summed E-state index contributed by atoms with van der Waals surface area (Å²) in [5.74, 6) is 0. The van der Waals surface area contributed by atoms with Gasteiger partial charge < -0.3 is 5.32 Å². The zero-order valence-electron chi connectivity index (χ0n) is 12.1. The predicted octanol–water partition coefficient (Wildman–Crippen LogP) is 1.65. The molecule has 0 aliphatic heterocycles. The van der Waals surface area contributed by atoms with Gasteiger partial charge in [0.25, 0.3) is 0 Å². The molecule has 0 aliphatic carbocycles. The smallest absolute Gasteiger partial charge is 0.240 e. The summed E-state index contributed by atoms with van der Waals surface area (Å²) in [6.07, 6.45) is 1.53. The monoisotopic (exact) mass is 316 g/mol. The number of nitrogens with zero attached hydrogens (tertiary/aromatic N) is 2. The molecule has 1 heterocycles. The van der Waals surface area contributed by atoms with Crippen LogP contribution in [0, 0.1) is 18.3 Å². The van der Waals surface area contributed by atoms with Crippen molar-refractivity contribution in [1.82, 2.24) is 9.71 Å². The fraction of sp³-hybridized carbons (Fsp3) is 0.200. The van der Waals surface area contributed by atoms with Crippen LogP contribution >= 0.6 is 0 Å². The summed E-state index contributed by atoms with van der Waals surface area (Å²) in [5, 5.41) is 11.7. The fourth-order valence-corrected chi connectivity index (χ4v) is 2.79. The third kappa shape index (κ3) is 4.28. The van der Waals surface area contributed by atoms with Gasteiger partial charge in [0.1, 0.15) is 11.8 Å². The van der Waals surface area contributed by atoms with Gasteiger partial charge in [-0.2, -0.15) is 5.26 Å². The van der Waals surface area contributed by atoms with Gasteiger partial charge in [-0.05, 0) is 31.2 Å². The van der Waals surface area contributed by atoms with Crippen LogP contribution in [-0.4, -0.2) is 26.5 Å². The van der Waals surface area contributed by atoms with Crippen LogP contribution in [0.5, 0.6) is 0 Å². The molecule has 0 fully saturated rings. The Morgan fingerprint density at radius 3 is 2.45 bits per heavy atom. The number of aryl methyl sites for hydroxylation is 1. The minimum atomic E-state index is -3.49. The molecule has 0 saturated heterocycles. The molecule has 0 bridgehead atoms.